The molecule has 5 nitrogen and oxygen atoms in total. The molecular formula is C9H12N2O3S. The van der Waals surface area contributed by atoms with E-state index in [1.165, 1.54) is 6.07 Å². The summed E-state index contributed by atoms with van der Waals surface area (Å²) < 4.78 is 23.5. The van der Waals surface area contributed by atoms with Crippen molar-refractivity contribution in [3.05, 3.63) is 29.3 Å². The van der Waals surface area contributed by atoms with Crippen LogP contribution in [0.2, 0.25) is 0 Å². The molecule has 15 heavy (non-hydrogen) atoms. The van der Waals surface area contributed by atoms with Crippen molar-refractivity contribution in [1.29, 1.82) is 0 Å². The van der Waals surface area contributed by atoms with E-state index in [9.17, 15) is 13.2 Å². The van der Waals surface area contributed by atoms with Gasteiger partial charge < -0.3 is 5.73 Å². The van der Waals surface area contributed by atoms with Gasteiger partial charge in [-0.05, 0) is 18.6 Å². The highest BCUT2D eigenvalue weighted by Gasteiger charge is 2.14. The standard InChI is InChI=1S/C9H12N2O3S/c1-6-4-3-5-7(8(6)10)9(12)11-15(2,13)14/h3-5H,10H2,1-2H3,(H,11,12). The highest BCUT2D eigenvalue weighted by molar-refractivity contribution is 7.89. The van der Waals surface area contributed by atoms with Crippen LogP contribution in [0.3, 0.4) is 0 Å². The Kier molecular flexibility index (Phi) is 2.99. The van der Waals surface area contributed by atoms with E-state index in [1.807, 2.05) is 4.72 Å². The fourth-order valence-electron chi connectivity index (χ4n) is 1.10. The van der Waals surface area contributed by atoms with Gasteiger partial charge in [0.2, 0.25) is 10.0 Å². The second-order valence-corrected chi connectivity index (χ2v) is 4.99. The molecule has 1 aromatic carbocycles. The molecule has 0 saturated carbocycles. The van der Waals surface area contributed by atoms with Gasteiger partial charge in [-0.1, -0.05) is 12.1 Å². The molecule has 0 heterocycles. The number of hydrogen-bond acceptors (Lipinski definition) is 4. The number of benzene rings is 1. The van der Waals surface area contributed by atoms with Crippen molar-refractivity contribution < 1.29 is 13.2 Å². The van der Waals surface area contributed by atoms with Crippen molar-refractivity contribution in [2.24, 2.45) is 0 Å². The van der Waals surface area contributed by atoms with Gasteiger partial charge in [0.15, 0.2) is 0 Å². The van der Waals surface area contributed by atoms with Gasteiger partial charge >= 0.3 is 0 Å². The number of anilines is 1. The number of hydrogen-bond donors (Lipinski definition) is 2. The van der Waals surface area contributed by atoms with Gasteiger partial charge in [0.25, 0.3) is 5.91 Å². The zero-order valence-corrected chi connectivity index (χ0v) is 9.26. The number of para-hydroxylation sites is 1. The summed E-state index contributed by atoms with van der Waals surface area (Å²) in [4.78, 5) is 11.5. The van der Waals surface area contributed by atoms with Gasteiger partial charge in [-0.3, -0.25) is 4.79 Å². The van der Waals surface area contributed by atoms with Gasteiger partial charge in [-0.25, -0.2) is 13.1 Å². The van der Waals surface area contributed by atoms with Gasteiger partial charge in [0, 0.05) is 5.69 Å². The number of carbonyl (C=O) groups is 1. The Morgan fingerprint density at radius 2 is 2.00 bits per heavy atom. The van der Waals surface area contributed by atoms with Gasteiger partial charge in [-0.2, -0.15) is 0 Å². The van der Waals surface area contributed by atoms with Crippen LogP contribution in [-0.2, 0) is 10.0 Å². The van der Waals surface area contributed by atoms with Gasteiger partial charge in [-0.15, -0.1) is 0 Å². The minimum absolute atomic E-state index is 0.167. The minimum atomic E-state index is -3.56. The van der Waals surface area contributed by atoms with Crippen LogP contribution in [0.4, 0.5) is 5.69 Å². The molecule has 0 aliphatic rings. The van der Waals surface area contributed by atoms with Crippen molar-refractivity contribution in [2.75, 3.05) is 12.0 Å². The number of carbonyl (C=O) groups excluding carboxylic acids is 1. The molecule has 1 rings (SSSR count). The molecule has 0 aliphatic carbocycles. The largest absolute Gasteiger partial charge is 0.398 e. The summed E-state index contributed by atoms with van der Waals surface area (Å²) in [5.41, 5.74) is 6.84. The summed E-state index contributed by atoms with van der Waals surface area (Å²) in [6, 6.07) is 4.86. The fraction of sp³-hybridized carbons (Fsp3) is 0.222. The molecule has 0 aromatic heterocycles. The molecule has 3 N–H and O–H groups in total. The number of nitrogens with one attached hydrogen (secondary N) is 1. The second-order valence-electron chi connectivity index (χ2n) is 3.24. The van der Waals surface area contributed by atoms with Crippen LogP contribution in [0.15, 0.2) is 18.2 Å². The van der Waals surface area contributed by atoms with E-state index in [1.54, 1.807) is 19.1 Å². The average molecular weight is 228 g/mol. The third kappa shape index (κ3) is 2.95. The Labute approximate surface area is 88.3 Å². The lowest BCUT2D eigenvalue weighted by Crippen LogP contribution is -2.30. The Bertz CT molecular complexity index is 494. The number of rotatable bonds is 2. The molecule has 0 spiro atoms. The molecule has 0 saturated heterocycles. The quantitative estimate of drug-likeness (QED) is 0.711. The number of nitrogen functional groups attached to an aromatic ring is 1. The van der Waals surface area contributed by atoms with E-state index in [4.69, 9.17) is 5.73 Å². The van der Waals surface area contributed by atoms with E-state index >= 15 is 0 Å². The molecule has 1 amide bonds. The average Bonchev–Trinajstić information content (AvgIpc) is 2.06. The lowest BCUT2D eigenvalue weighted by atomic mass is 10.1. The van der Waals surface area contributed by atoms with Gasteiger partial charge in [0.05, 0.1) is 11.8 Å². The number of amides is 1. The van der Waals surface area contributed by atoms with Crippen molar-refractivity contribution in [3.63, 3.8) is 0 Å². The van der Waals surface area contributed by atoms with Crippen molar-refractivity contribution in [1.82, 2.24) is 4.72 Å². The predicted molar refractivity (Wildman–Crippen MR) is 57.9 cm³/mol. The van der Waals surface area contributed by atoms with E-state index in [0.29, 0.717) is 5.69 Å². The first-order valence-corrected chi connectivity index (χ1v) is 6.07. The molecule has 0 fully saturated rings. The summed E-state index contributed by atoms with van der Waals surface area (Å²) in [7, 11) is -3.56. The molecule has 0 radical (unpaired) electrons. The first-order chi connectivity index (χ1) is 6.81. The van der Waals surface area contributed by atoms with Crippen LogP contribution >= 0.6 is 0 Å². The Balaban J connectivity index is 3.08. The number of nitrogens with two attached hydrogens (primary N) is 1. The molecular weight excluding hydrogens is 216 g/mol. The molecule has 0 atom stereocenters. The van der Waals surface area contributed by atoms with Crippen LogP contribution in [0.25, 0.3) is 0 Å². The van der Waals surface area contributed by atoms with Crippen molar-refractivity contribution in [3.8, 4) is 0 Å². The van der Waals surface area contributed by atoms with Crippen LogP contribution < -0.4 is 10.5 Å². The van der Waals surface area contributed by atoms with E-state index in [2.05, 4.69) is 0 Å². The third-order valence-corrected chi connectivity index (χ3v) is 2.40. The normalized spacial score (nSPS) is 11.1. The number of aryl methyl sites for hydroxylation is 1. The lowest BCUT2D eigenvalue weighted by molar-refractivity contribution is 0.0982. The summed E-state index contributed by atoms with van der Waals surface area (Å²) in [5, 5.41) is 0. The molecule has 82 valence electrons. The smallest absolute Gasteiger partial charge is 0.266 e. The maximum absolute atomic E-state index is 11.5. The van der Waals surface area contributed by atoms with E-state index in [-0.39, 0.29) is 5.56 Å². The van der Waals surface area contributed by atoms with Crippen molar-refractivity contribution >= 4 is 21.6 Å². The molecule has 1 aromatic rings. The lowest BCUT2D eigenvalue weighted by Gasteiger charge is -2.07. The number of sulfonamides is 1. The molecule has 0 aliphatic heterocycles. The SMILES string of the molecule is Cc1cccc(C(=O)NS(C)(=O)=O)c1N. The molecule has 0 bridgehead atoms. The first kappa shape index (κ1) is 11.5. The van der Waals surface area contributed by atoms with E-state index < -0.39 is 15.9 Å². The first-order valence-electron chi connectivity index (χ1n) is 4.18. The van der Waals surface area contributed by atoms with Crippen LogP contribution in [0.1, 0.15) is 15.9 Å². The zero-order valence-electron chi connectivity index (χ0n) is 8.44. The highest BCUT2D eigenvalue weighted by atomic mass is 32.2. The van der Waals surface area contributed by atoms with Crippen molar-refractivity contribution in [2.45, 2.75) is 6.92 Å². The summed E-state index contributed by atoms with van der Waals surface area (Å²) in [6.07, 6.45) is 0.914. The third-order valence-electron chi connectivity index (χ3n) is 1.85. The Morgan fingerprint density at radius 1 is 1.40 bits per heavy atom. The molecule has 0 unspecified atom stereocenters. The monoisotopic (exact) mass is 228 g/mol. The zero-order chi connectivity index (χ0) is 11.6. The fourth-order valence-corrected chi connectivity index (χ4v) is 1.55. The van der Waals surface area contributed by atoms with Gasteiger partial charge in [0.1, 0.15) is 0 Å². The van der Waals surface area contributed by atoms with Crippen LogP contribution in [0.5, 0.6) is 0 Å². The molecule has 6 heteroatoms. The van der Waals surface area contributed by atoms with Crippen LogP contribution in [0, 0.1) is 6.92 Å². The Morgan fingerprint density at radius 3 is 2.53 bits per heavy atom. The summed E-state index contributed by atoms with van der Waals surface area (Å²) in [6.45, 7) is 1.74. The summed E-state index contributed by atoms with van der Waals surface area (Å²) in [5.74, 6) is -0.710. The predicted octanol–water partition coefficient (Wildman–Crippen LogP) is 0.267. The summed E-state index contributed by atoms with van der Waals surface area (Å²) >= 11 is 0. The van der Waals surface area contributed by atoms with E-state index in [0.717, 1.165) is 11.8 Å². The Hall–Kier alpha value is -1.56. The highest BCUT2D eigenvalue weighted by Crippen LogP contribution is 2.16. The second kappa shape index (κ2) is 3.90. The topological polar surface area (TPSA) is 89.3 Å². The minimum Gasteiger partial charge on any atom is -0.398 e. The maximum atomic E-state index is 11.5. The maximum Gasteiger partial charge on any atom is 0.266 e. The van der Waals surface area contributed by atoms with Crippen LogP contribution in [-0.4, -0.2) is 20.6 Å².